The first kappa shape index (κ1) is 21.0. The molecule has 0 bridgehead atoms. The van der Waals surface area contributed by atoms with E-state index in [4.69, 9.17) is 13.9 Å². The molecule has 31 heavy (non-hydrogen) atoms. The fourth-order valence-electron chi connectivity index (χ4n) is 4.06. The van der Waals surface area contributed by atoms with Gasteiger partial charge < -0.3 is 28.8 Å². The molecule has 0 spiro atoms. The summed E-state index contributed by atoms with van der Waals surface area (Å²) in [4.78, 5) is 29.6. The van der Waals surface area contributed by atoms with Crippen molar-refractivity contribution in [3.63, 3.8) is 0 Å². The zero-order valence-corrected chi connectivity index (χ0v) is 17.7. The van der Waals surface area contributed by atoms with Crippen LogP contribution in [0.3, 0.4) is 0 Å². The van der Waals surface area contributed by atoms with E-state index < -0.39 is 17.7 Å². The van der Waals surface area contributed by atoms with Gasteiger partial charge in [0.15, 0.2) is 11.5 Å². The van der Waals surface area contributed by atoms with Crippen molar-refractivity contribution in [2.75, 3.05) is 33.0 Å². The van der Waals surface area contributed by atoms with E-state index in [2.05, 4.69) is 18.7 Å². The molecular formula is C23H26N2O6. The first-order valence-corrected chi connectivity index (χ1v) is 10.5. The van der Waals surface area contributed by atoms with Crippen LogP contribution >= 0.6 is 0 Å². The second kappa shape index (κ2) is 8.85. The normalized spacial score (nSPS) is 19.6. The predicted molar refractivity (Wildman–Crippen MR) is 113 cm³/mol. The lowest BCUT2D eigenvalue weighted by Crippen LogP contribution is -2.33. The van der Waals surface area contributed by atoms with Crippen molar-refractivity contribution in [2.24, 2.45) is 0 Å². The third kappa shape index (κ3) is 3.90. The number of ether oxygens (including phenoxy) is 2. The molecule has 1 fully saturated rings. The van der Waals surface area contributed by atoms with Crippen molar-refractivity contribution in [3.8, 4) is 11.5 Å². The minimum Gasteiger partial charge on any atom is -0.507 e. The molecule has 1 amide bonds. The van der Waals surface area contributed by atoms with E-state index in [0.717, 1.165) is 19.6 Å². The number of rotatable bonds is 8. The van der Waals surface area contributed by atoms with E-state index in [0.29, 0.717) is 35.8 Å². The van der Waals surface area contributed by atoms with Crippen LogP contribution in [0.2, 0.25) is 0 Å². The van der Waals surface area contributed by atoms with Gasteiger partial charge in [-0.3, -0.25) is 9.59 Å². The van der Waals surface area contributed by atoms with Gasteiger partial charge in [-0.05, 0) is 56.4 Å². The highest BCUT2D eigenvalue weighted by atomic mass is 16.7. The second-order valence-corrected chi connectivity index (χ2v) is 7.46. The van der Waals surface area contributed by atoms with Crippen LogP contribution < -0.4 is 9.47 Å². The molecular weight excluding hydrogens is 400 g/mol. The molecule has 1 N–H and O–H groups in total. The smallest absolute Gasteiger partial charge is 0.295 e. The standard InChI is InChI=1S/C23H26N2O6/c1-3-24(4-2)10-6-11-25-20(17-7-5-12-29-17)19(22(27)23(25)28)21(26)15-8-9-16-18(13-15)31-14-30-16/h5,7-9,12-13,20,26H,3-4,6,10-11,14H2,1-2H3. The van der Waals surface area contributed by atoms with Gasteiger partial charge in [-0.2, -0.15) is 0 Å². The highest BCUT2D eigenvalue weighted by molar-refractivity contribution is 6.46. The lowest BCUT2D eigenvalue weighted by atomic mass is 9.99. The Morgan fingerprint density at radius 1 is 1.16 bits per heavy atom. The first-order chi connectivity index (χ1) is 15.0. The van der Waals surface area contributed by atoms with Gasteiger partial charge in [0.25, 0.3) is 11.7 Å². The third-order valence-electron chi connectivity index (χ3n) is 5.77. The summed E-state index contributed by atoms with van der Waals surface area (Å²) in [6.45, 7) is 7.30. The van der Waals surface area contributed by atoms with Crippen molar-refractivity contribution >= 4 is 17.4 Å². The number of amides is 1. The van der Waals surface area contributed by atoms with Gasteiger partial charge in [-0.15, -0.1) is 0 Å². The fraction of sp³-hybridized carbons (Fsp3) is 0.391. The maximum absolute atomic E-state index is 13.0. The molecule has 2 aliphatic rings. The molecule has 3 heterocycles. The average molecular weight is 426 g/mol. The molecule has 164 valence electrons. The molecule has 0 aliphatic carbocycles. The number of aliphatic hydroxyl groups is 1. The molecule has 2 aliphatic heterocycles. The number of carbonyl (C=O) groups excluding carboxylic acids is 2. The quantitative estimate of drug-likeness (QED) is 0.394. The molecule has 0 radical (unpaired) electrons. The van der Waals surface area contributed by atoms with Crippen LogP contribution in [0.1, 0.15) is 37.6 Å². The molecule has 0 saturated carbocycles. The van der Waals surface area contributed by atoms with Crippen LogP contribution in [0.25, 0.3) is 5.76 Å². The molecule has 1 aromatic heterocycles. The van der Waals surface area contributed by atoms with Crippen molar-refractivity contribution in [1.29, 1.82) is 0 Å². The Morgan fingerprint density at radius 2 is 1.94 bits per heavy atom. The van der Waals surface area contributed by atoms with Crippen LogP contribution in [-0.2, 0) is 9.59 Å². The number of Topliss-reactive ketones (excluding diaryl/α,β-unsaturated/α-hetero) is 1. The fourth-order valence-corrected chi connectivity index (χ4v) is 4.06. The Hall–Kier alpha value is -3.26. The number of hydrogen-bond acceptors (Lipinski definition) is 7. The SMILES string of the molecule is CCN(CC)CCCN1C(=O)C(=O)C(=C(O)c2ccc3c(c2)OCO3)C1c1ccco1. The number of furan rings is 1. The van der Waals surface area contributed by atoms with Crippen LogP contribution in [0, 0.1) is 0 Å². The zero-order valence-electron chi connectivity index (χ0n) is 17.7. The summed E-state index contributed by atoms with van der Waals surface area (Å²) >= 11 is 0. The molecule has 4 rings (SSSR count). The summed E-state index contributed by atoms with van der Waals surface area (Å²) in [5, 5.41) is 11.1. The van der Waals surface area contributed by atoms with Gasteiger partial charge in [0.05, 0.1) is 11.8 Å². The summed E-state index contributed by atoms with van der Waals surface area (Å²) in [6.07, 6.45) is 2.20. The number of carbonyl (C=O) groups is 2. The maximum Gasteiger partial charge on any atom is 0.295 e. The van der Waals surface area contributed by atoms with E-state index in [-0.39, 0.29) is 18.1 Å². The number of hydrogen-bond donors (Lipinski definition) is 1. The van der Waals surface area contributed by atoms with Crippen molar-refractivity contribution in [1.82, 2.24) is 9.80 Å². The Morgan fingerprint density at radius 3 is 2.65 bits per heavy atom. The molecule has 1 atom stereocenters. The first-order valence-electron chi connectivity index (χ1n) is 10.5. The molecule has 2 aromatic rings. The Bertz CT molecular complexity index is 994. The monoisotopic (exact) mass is 426 g/mol. The summed E-state index contributed by atoms with van der Waals surface area (Å²) in [5.74, 6) is -0.140. The van der Waals surface area contributed by atoms with Crippen molar-refractivity contribution < 1.29 is 28.6 Å². The van der Waals surface area contributed by atoms with Gasteiger partial charge in [0.1, 0.15) is 17.6 Å². The minimum absolute atomic E-state index is 0.0154. The number of aliphatic hydroxyl groups excluding tert-OH is 1. The Balaban J connectivity index is 1.68. The summed E-state index contributed by atoms with van der Waals surface area (Å²) in [6, 6.07) is 7.53. The molecule has 1 unspecified atom stereocenters. The number of ketones is 1. The van der Waals surface area contributed by atoms with E-state index >= 15 is 0 Å². The largest absolute Gasteiger partial charge is 0.507 e. The maximum atomic E-state index is 13.0. The van der Waals surface area contributed by atoms with Crippen LogP contribution in [-0.4, -0.2) is 59.6 Å². The third-order valence-corrected chi connectivity index (χ3v) is 5.77. The number of fused-ring (bicyclic) bond motifs is 1. The van der Waals surface area contributed by atoms with E-state index in [9.17, 15) is 14.7 Å². The highest BCUT2D eigenvalue weighted by Gasteiger charge is 2.47. The topological polar surface area (TPSA) is 92.5 Å². The Labute approximate surface area is 180 Å². The van der Waals surface area contributed by atoms with E-state index in [1.54, 1.807) is 30.3 Å². The number of likely N-dealkylation sites (tertiary alicyclic amines) is 1. The van der Waals surface area contributed by atoms with Crippen LogP contribution in [0.15, 0.2) is 46.6 Å². The van der Waals surface area contributed by atoms with Gasteiger partial charge in [-0.1, -0.05) is 13.8 Å². The van der Waals surface area contributed by atoms with Gasteiger partial charge in [0, 0.05) is 12.1 Å². The number of benzene rings is 1. The molecule has 1 saturated heterocycles. The van der Waals surface area contributed by atoms with Crippen LogP contribution in [0.4, 0.5) is 0 Å². The summed E-state index contributed by atoms with van der Waals surface area (Å²) in [5.41, 5.74) is 0.392. The average Bonchev–Trinajstić information content (AvgIpc) is 3.52. The van der Waals surface area contributed by atoms with Crippen molar-refractivity contribution in [2.45, 2.75) is 26.3 Å². The minimum atomic E-state index is -0.780. The second-order valence-electron chi connectivity index (χ2n) is 7.46. The van der Waals surface area contributed by atoms with Gasteiger partial charge in [-0.25, -0.2) is 0 Å². The highest BCUT2D eigenvalue weighted by Crippen LogP contribution is 2.41. The lowest BCUT2D eigenvalue weighted by Gasteiger charge is -2.25. The summed E-state index contributed by atoms with van der Waals surface area (Å²) < 4.78 is 16.2. The van der Waals surface area contributed by atoms with Crippen LogP contribution in [0.5, 0.6) is 11.5 Å². The molecule has 8 heteroatoms. The van der Waals surface area contributed by atoms with Gasteiger partial charge in [0.2, 0.25) is 6.79 Å². The summed E-state index contributed by atoms with van der Waals surface area (Å²) in [7, 11) is 0. The molecule has 8 nitrogen and oxygen atoms in total. The lowest BCUT2D eigenvalue weighted by molar-refractivity contribution is -0.140. The van der Waals surface area contributed by atoms with Crippen molar-refractivity contribution in [3.05, 3.63) is 53.5 Å². The van der Waals surface area contributed by atoms with E-state index in [1.165, 1.54) is 11.2 Å². The Kier molecular flexibility index (Phi) is 5.99. The van der Waals surface area contributed by atoms with E-state index in [1.807, 2.05) is 0 Å². The number of nitrogens with zero attached hydrogens (tertiary/aromatic N) is 2. The zero-order chi connectivity index (χ0) is 22.0. The molecule has 1 aromatic carbocycles. The van der Waals surface area contributed by atoms with Gasteiger partial charge >= 0.3 is 0 Å². The predicted octanol–water partition coefficient (Wildman–Crippen LogP) is 3.16.